The monoisotopic (exact) mass is 348 g/mol. The number of aliphatic imine (C=N–C) groups is 1. The molecule has 2 aromatic heterocycles. The first-order valence-electron chi connectivity index (χ1n) is 8.33. The zero-order chi connectivity index (χ0) is 17.7. The number of hydrogen-bond donors (Lipinski definition) is 1. The van der Waals surface area contributed by atoms with Gasteiger partial charge in [-0.1, -0.05) is 13.8 Å². The Bertz CT molecular complexity index is 685. The fourth-order valence-electron chi connectivity index (χ4n) is 2.59. The van der Waals surface area contributed by atoms with Crippen LogP contribution in [0.3, 0.4) is 0 Å². The van der Waals surface area contributed by atoms with Crippen LogP contribution in [0.25, 0.3) is 0 Å². The molecule has 1 N–H and O–H groups in total. The van der Waals surface area contributed by atoms with Gasteiger partial charge in [-0.05, 0) is 19.8 Å². The lowest BCUT2D eigenvalue weighted by molar-refractivity contribution is 0.473. The number of hydrogen-bond acceptors (Lipinski definition) is 4. The maximum atomic E-state index is 4.75. The Morgan fingerprint density at radius 2 is 2.21 bits per heavy atom. The van der Waals surface area contributed by atoms with Crippen LogP contribution in [0.5, 0.6) is 0 Å². The molecule has 2 rings (SSSR count). The predicted molar refractivity (Wildman–Crippen MR) is 100 cm³/mol. The van der Waals surface area contributed by atoms with Crippen LogP contribution in [-0.4, -0.2) is 39.2 Å². The highest BCUT2D eigenvalue weighted by Crippen LogP contribution is 2.19. The molecule has 2 aromatic rings. The van der Waals surface area contributed by atoms with E-state index in [1.165, 1.54) is 10.4 Å². The molecular formula is C17H28N6S. The second-order valence-corrected chi connectivity index (χ2v) is 7.56. The Kier molecular flexibility index (Phi) is 6.36. The van der Waals surface area contributed by atoms with E-state index in [0.29, 0.717) is 12.5 Å². The quantitative estimate of drug-likeness (QED) is 0.644. The minimum absolute atomic E-state index is 0.411. The van der Waals surface area contributed by atoms with Gasteiger partial charge >= 0.3 is 0 Å². The van der Waals surface area contributed by atoms with Gasteiger partial charge in [0.25, 0.3) is 0 Å². The van der Waals surface area contributed by atoms with E-state index < -0.39 is 0 Å². The average Bonchev–Trinajstić information content (AvgIpc) is 3.09. The largest absolute Gasteiger partial charge is 0.357 e. The zero-order valence-electron chi connectivity index (χ0n) is 15.5. The Morgan fingerprint density at radius 1 is 1.46 bits per heavy atom. The van der Waals surface area contributed by atoms with Crippen molar-refractivity contribution in [1.82, 2.24) is 25.0 Å². The molecule has 6 nitrogen and oxygen atoms in total. The Balaban J connectivity index is 2.12. The summed E-state index contributed by atoms with van der Waals surface area (Å²) >= 11 is 1.70. The molecule has 7 heteroatoms. The van der Waals surface area contributed by atoms with Crippen LogP contribution < -0.4 is 5.32 Å². The molecule has 0 aliphatic rings. The molecule has 0 bridgehead atoms. The van der Waals surface area contributed by atoms with E-state index in [0.717, 1.165) is 29.8 Å². The summed E-state index contributed by atoms with van der Waals surface area (Å²) in [5.41, 5.74) is 2.40. The van der Waals surface area contributed by atoms with Gasteiger partial charge in [0.1, 0.15) is 0 Å². The predicted octanol–water partition coefficient (Wildman–Crippen LogP) is 2.91. The molecule has 0 radical (unpaired) electrons. The zero-order valence-corrected chi connectivity index (χ0v) is 16.3. The molecule has 0 fully saturated rings. The molecule has 0 aliphatic heterocycles. The molecular weight excluding hydrogens is 320 g/mol. The number of nitrogens with zero attached hydrogens (tertiary/aromatic N) is 5. The van der Waals surface area contributed by atoms with E-state index in [-0.39, 0.29) is 0 Å². The standard InChI is InChI=1S/C17H28N6S/c1-7-18-17(20-9-15-8-19-13(4)24-15)22(5)10-14-11-23(6)21-16(14)12(2)3/h8,11-12H,7,9-10H2,1-6H3,(H,18,20). The fraction of sp³-hybridized carbons (Fsp3) is 0.588. The summed E-state index contributed by atoms with van der Waals surface area (Å²) in [4.78, 5) is 12.4. The van der Waals surface area contributed by atoms with E-state index in [1.807, 2.05) is 24.9 Å². The van der Waals surface area contributed by atoms with Crippen molar-refractivity contribution >= 4 is 17.3 Å². The molecule has 0 saturated heterocycles. The minimum atomic E-state index is 0.411. The van der Waals surface area contributed by atoms with Gasteiger partial charge < -0.3 is 10.2 Å². The third-order valence-electron chi connectivity index (χ3n) is 3.64. The normalized spacial score (nSPS) is 12.0. The number of aromatic nitrogens is 3. The number of nitrogens with one attached hydrogen (secondary N) is 1. The molecule has 0 atom stereocenters. The van der Waals surface area contributed by atoms with Crippen molar-refractivity contribution in [3.63, 3.8) is 0 Å². The second-order valence-electron chi connectivity index (χ2n) is 6.24. The van der Waals surface area contributed by atoms with Crippen molar-refractivity contribution < 1.29 is 0 Å². The van der Waals surface area contributed by atoms with Crippen molar-refractivity contribution in [2.45, 2.75) is 46.7 Å². The van der Waals surface area contributed by atoms with Gasteiger partial charge in [0.2, 0.25) is 0 Å². The van der Waals surface area contributed by atoms with Crippen molar-refractivity contribution in [1.29, 1.82) is 0 Å². The SMILES string of the molecule is CCNC(=NCc1cnc(C)s1)N(C)Cc1cn(C)nc1C(C)C. The molecule has 0 spiro atoms. The van der Waals surface area contributed by atoms with E-state index in [2.05, 4.69) is 54.3 Å². The number of rotatable bonds is 6. The Hall–Kier alpha value is -1.89. The smallest absolute Gasteiger partial charge is 0.194 e. The van der Waals surface area contributed by atoms with Crippen LogP contribution in [0, 0.1) is 6.92 Å². The van der Waals surface area contributed by atoms with Gasteiger partial charge in [-0.2, -0.15) is 5.10 Å². The molecule has 0 amide bonds. The van der Waals surface area contributed by atoms with E-state index in [9.17, 15) is 0 Å². The van der Waals surface area contributed by atoms with Crippen LogP contribution in [-0.2, 0) is 20.1 Å². The number of guanidine groups is 1. The first-order chi connectivity index (χ1) is 11.4. The lowest BCUT2D eigenvalue weighted by Crippen LogP contribution is -2.38. The van der Waals surface area contributed by atoms with Crippen molar-refractivity contribution in [3.8, 4) is 0 Å². The van der Waals surface area contributed by atoms with E-state index >= 15 is 0 Å². The van der Waals surface area contributed by atoms with Gasteiger partial charge in [0, 0.05) is 50.0 Å². The summed E-state index contributed by atoms with van der Waals surface area (Å²) in [5, 5.41) is 9.04. The number of thiazole rings is 1. The third kappa shape index (κ3) is 4.80. The summed E-state index contributed by atoms with van der Waals surface area (Å²) in [6, 6.07) is 0. The highest BCUT2D eigenvalue weighted by atomic mass is 32.1. The molecule has 132 valence electrons. The van der Waals surface area contributed by atoms with Crippen molar-refractivity contribution in [2.24, 2.45) is 12.0 Å². The topological polar surface area (TPSA) is 58.3 Å². The Morgan fingerprint density at radius 3 is 2.79 bits per heavy atom. The highest BCUT2D eigenvalue weighted by molar-refractivity contribution is 7.11. The van der Waals surface area contributed by atoms with Crippen LogP contribution in [0.2, 0.25) is 0 Å². The summed E-state index contributed by atoms with van der Waals surface area (Å²) in [6.45, 7) is 10.7. The molecule has 0 aliphatic carbocycles. The van der Waals surface area contributed by atoms with Crippen molar-refractivity contribution in [2.75, 3.05) is 13.6 Å². The van der Waals surface area contributed by atoms with Gasteiger partial charge in [-0.15, -0.1) is 11.3 Å². The molecule has 24 heavy (non-hydrogen) atoms. The van der Waals surface area contributed by atoms with Gasteiger partial charge in [-0.3, -0.25) is 4.68 Å². The Labute approximate surface area is 148 Å². The molecule has 0 unspecified atom stereocenters. The van der Waals surface area contributed by atoms with Gasteiger partial charge in [0.05, 0.1) is 17.2 Å². The maximum absolute atomic E-state index is 4.75. The number of aryl methyl sites for hydroxylation is 2. The molecule has 2 heterocycles. The summed E-state index contributed by atoms with van der Waals surface area (Å²) in [7, 11) is 4.04. The van der Waals surface area contributed by atoms with Crippen LogP contribution in [0.4, 0.5) is 0 Å². The fourth-order valence-corrected chi connectivity index (χ4v) is 3.31. The summed E-state index contributed by atoms with van der Waals surface area (Å²) in [6.07, 6.45) is 4.01. The molecule has 0 saturated carbocycles. The van der Waals surface area contributed by atoms with Crippen LogP contribution in [0.1, 0.15) is 47.8 Å². The second kappa shape index (κ2) is 8.28. The van der Waals surface area contributed by atoms with Gasteiger partial charge in [0.15, 0.2) is 5.96 Å². The summed E-state index contributed by atoms with van der Waals surface area (Å²) < 4.78 is 1.89. The highest BCUT2D eigenvalue weighted by Gasteiger charge is 2.15. The van der Waals surface area contributed by atoms with Crippen molar-refractivity contribution in [3.05, 3.63) is 33.5 Å². The first-order valence-corrected chi connectivity index (χ1v) is 9.15. The van der Waals surface area contributed by atoms with Gasteiger partial charge in [-0.25, -0.2) is 9.98 Å². The lowest BCUT2D eigenvalue weighted by Gasteiger charge is -2.22. The first kappa shape index (κ1) is 18.4. The van der Waals surface area contributed by atoms with E-state index in [4.69, 9.17) is 4.99 Å². The average molecular weight is 349 g/mol. The molecule has 0 aromatic carbocycles. The summed E-state index contributed by atoms with van der Waals surface area (Å²) in [5.74, 6) is 1.32. The van der Waals surface area contributed by atoms with Crippen LogP contribution in [0.15, 0.2) is 17.4 Å². The third-order valence-corrected chi connectivity index (χ3v) is 4.54. The minimum Gasteiger partial charge on any atom is -0.357 e. The van der Waals surface area contributed by atoms with E-state index in [1.54, 1.807) is 11.3 Å². The lowest BCUT2D eigenvalue weighted by atomic mass is 10.1. The van der Waals surface area contributed by atoms with Crippen LogP contribution >= 0.6 is 11.3 Å². The maximum Gasteiger partial charge on any atom is 0.194 e.